The molecule has 25 heavy (non-hydrogen) atoms. The van der Waals surface area contributed by atoms with Gasteiger partial charge < -0.3 is 29.8 Å². The van der Waals surface area contributed by atoms with Gasteiger partial charge in [0.1, 0.15) is 0 Å². The molecule has 1 fully saturated rings. The molecule has 0 bridgehead atoms. The summed E-state index contributed by atoms with van der Waals surface area (Å²) in [7, 11) is 1.71. The minimum absolute atomic E-state index is 0. The quantitative estimate of drug-likeness (QED) is 0.218. The van der Waals surface area contributed by atoms with Crippen LogP contribution in [0.5, 0.6) is 0 Å². The second kappa shape index (κ2) is 13.0. The minimum Gasteiger partial charge on any atom is -0.459 e. The second-order valence-corrected chi connectivity index (χ2v) is 5.37. The van der Waals surface area contributed by atoms with Crippen molar-refractivity contribution < 1.29 is 18.7 Å². The minimum atomic E-state index is -0.224. The fraction of sp³-hybridized carbons (Fsp3) is 0.625. The Hall–Kier alpha value is -1.33. The third kappa shape index (κ3) is 8.54. The van der Waals surface area contributed by atoms with Crippen molar-refractivity contribution in [3.8, 4) is 0 Å². The van der Waals surface area contributed by atoms with E-state index in [1.165, 1.54) is 6.26 Å². The van der Waals surface area contributed by atoms with E-state index in [2.05, 4.69) is 20.9 Å². The summed E-state index contributed by atoms with van der Waals surface area (Å²) in [6.45, 7) is 4.03. The predicted molar refractivity (Wildman–Crippen MR) is 106 cm³/mol. The monoisotopic (exact) mass is 466 g/mol. The largest absolute Gasteiger partial charge is 0.459 e. The van der Waals surface area contributed by atoms with Gasteiger partial charge in [-0.05, 0) is 25.0 Å². The lowest BCUT2D eigenvalue weighted by Gasteiger charge is -2.13. The number of rotatable bonds is 9. The van der Waals surface area contributed by atoms with Gasteiger partial charge in [-0.15, -0.1) is 24.0 Å². The smallest absolute Gasteiger partial charge is 0.287 e. The average molecular weight is 466 g/mol. The summed E-state index contributed by atoms with van der Waals surface area (Å²) in [6.07, 6.45) is 3.61. The van der Waals surface area contributed by atoms with E-state index in [1.54, 1.807) is 19.2 Å². The first-order valence-electron chi connectivity index (χ1n) is 8.25. The van der Waals surface area contributed by atoms with Crippen LogP contribution in [0.4, 0.5) is 0 Å². The van der Waals surface area contributed by atoms with E-state index < -0.39 is 0 Å². The summed E-state index contributed by atoms with van der Waals surface area (Å²) in [6, 6.07) is 3.31. The zero-order chi connectivity index (χ0) is 17.0. The lowest BCUT2D eigenvalue weighted by atomic mass is 10.3. The maximum absolute atomic E-state index is 11.7. The van der Waals surface area contributed by atoms with Gasteiger partial charge in [-0.25, -0.2) is 0 Å². The van der Waals surface area contributed by atoms with E-state index in [4.69, 9.17) is 13.9 Å². The zero-order valence-electron chi connectivity index (χ0n) is 14.5. The molecule has 9 heteroatoms. The van der Waals surface area contributed by atoms with E-state index in [9.17, 15) is 4.79 Å². The van der Waals surface area contributed by atoms with Gasteiger partial charge in [0.05, 0.1) is 19.0 Å². The Labute approximate surface area is 165 Å². The number of guanidine groups is 1. The Bertz CT molecular complexity index is 504. The van der Waals surface area contributed by atoms with Crippen LogP contribution in [0.15, 0.2) is 27.8 Å². The number of hydrogen-bond acceptors (Lipinski definition) is 5. The third-order valence-corrected chi connectivity index (χ3v) is 3.53. The Morgan fingerprint density at radius 2 is 2.12 bits per heavy atom. The maximum Gasteiger partial charge on any atom is 0.287 e. The molecule has 2 heterocycles. The number of amides is 1. The SMILES string of the molecule is CN=C(NCCCOC1CCOC1)NCCNC(=O)c1ccco1.I. The van der Waals surface area contributed by atoms with E-state index >= 15 is 0 Å². The van der Waals surface area contributed by atoms with Crippen molar-refractivity contribution in [3.63, 3.8) is 0 Å². The molecule has 0 radical (unpaired) electrons. The standard InChI is InChI=1S/C16H26N4O4.HI/c1-17-16(19-6-3-10-23-13-5-11-22-12-13)20-8-7-18-15(21)14-4-2-9-24-14;/h2,4,9,13H,3,5-8,10-12H2,1H3,(H,18,21)(H2,17,19,20);1H. The molecule has 1 aliphatic heterocycles. The number of carbonyl (C=O) groups excluding carboxylic acids is 1. The fourth-order valence-electron chi connectivity index (χ4n) is 2.25. The number of hydrogen-bond donors (Lipinski definition) is 3. The highest BCUT2D eigenvalue weighted by Crippen LogP contribution is 2.07. The van der Waals surface area contributed by atoms with E-state index in [0.717, 1.165) is 26.0 Å². The summed E-state index contributed by atoms with van der Waals surface area (Å²) in [5, 5.41) is 9.10. The van der Waals surface area contributed by atoms with Gasteiger partial charge in [0.25, 0.3) is 5.91 Å². The molecular weight excluding hydrogens is 439 g/mol. The lowest BCUT2D eigenvalue weighted by molar-refractivity contribution is 0.0420. The molecule has 0 saturated carbocycles. The Morgan fingerprint density at radius 1 is 1.32 bits per heavy atom. The molecule has 0 aliphatic carbocycles. The Morgan fingerprint density at radius 3 is 2.80 bits per heavy atom. The van der Waals surface area contributed by atoms with Crippen LogP contribution < -0.4 is 16.0 Å². The van der Waals surface area contributed by atoms with Crippen LogP contribution >= 0.6 is 24.0 Å². The van der Waals surface area contributed by atoms with Crippen LogP contribution in [0, 0.1) is 0 Å². The molecule has 1 atom stereocenters. The highest BCUT2D eigenvalue weighted by molar-refractivity contribution is 14.0. The molecule has 1 aromatic heterocycles. The molecule has 2 rings (SSSR count). The first kappa shape index (κ1) is 21.7. The number of halogens is 1. The van der Waals surface area contributed by atoms with Gasteiger partial charge in [0.15, 0.2) is 11.7 Å². The number of carbonyl (C=O) groups is 1. The summed E-state index contributed by atoms with van der Waals surface area (Å²) < 4.78 is 16.0. The first-order valence-corrected chi connectivity index (χ1v) is 8.25. The zero-order valence-corrected chi connectivity index (χ0v) is 16.8. The molecule has 1 amide bonds. The van der Waals surface area contributed by atoms with E-state index in [0.29, 0.717) is 38.0 Å². The summed E-state index contributed by atoms with van der Waals surface area (Å²) >= 11 is 0. The molecule has 8 nitrogen and oxygen atoms in total. The highest BCUT2D eigenvalue weighted by Gasteiger charge is 2.15. The van der Waals surface area contributed by atoms with Crippen LogP contribution in [-0.4, -0.2) is 64.5 Å². The van der Waals surface area contributed by atoms with Gasteiger partial charge in [-0.1, -0.05) is 0 Å². The van der Waals surface area contributed by atoms with Crippen molar-refractivity contribution in [1.29, 1.82) is 0 Å². The number of nitrogens with one attached hydrogen (secondary N) is 3. The molecular formula is C16H27IN4O4. The first-order chi connectivity index (χ1) is 11.8. The third-order valence-electron chi connectivity index (χ3n) is 3.53. The van der Waals surface area contributed by atoms with Gasteiger partial charge in [-0.2, -0.15) is 0 Å². The van der Waals surface area contributed by atoms with Crippen LogP contribution in [0.1, 0.15) is 23.4 Å². The van der Waals surface area contributed by atoms with Gasteiger partial charge in [-0.3, -0.25) is 9.79 Å². The molecule has 0 spiro atoms. The predicted octanol–water partition coefficient (Wildman–Crippen LogP) is 0.988. The van der Waals surface area contributed by atoms with Crippen molar-refractivity contribution in [2.75, 3.05) is 46.5 Å². The number of nitrogens with zero attached hydrogens (tertiary/aromatic N) is 1. The highest BCUT2D eigenvalue weighted by atomic mass is 127. The van der Waals surface area contributed by atoms with Crippen molar-refractivity contribution in [3.05, 3.63) is 24.2 Å². The summed E-state index contributed by atoms with van der Waals surface area (Å²) in [4.78, 5) is 15.8. The number of ether oxygens (including phenoxy) is 2. The van der Waals surface area contributed by atoms with Crippen LogP contribution in [0.3, 0.4) is 0 Å². The normalized spacial score (nSPS) is 17.0. The number of furan rings is 1. The van der Waals surface area contributed by atoms with Crippen LogP contribution in [-0.2, 0) is 9.47 Å². The van der Waals surface area contributed by atoms with Crippen LogP contribution in [0.25, 0.3) is 0 Å². The van der Waals surface area contributed by atoms with Crippen LogP contribution in [0.2, 0.25) is 0 Å². The molecule has 0 aromatic carbocycles. The van der Waals surface area contributed by atoms with Gasteiger partial charge in [0.2, 0.25) is 0 Å². The molecule has 1 aromatic rings. The van der Waals surface area contributed by atoms with Crippen molar-refractivity contribution in [2.45, 2.75) is 18.9 Å². The maximum atomic E-state index is 11.7. The Balaban J connectivity index is 0.00000312. The van der Waals surface area contributed by atoms with Crippen molar-refractivity contribution in [2.24, 2.45) is 4.99 Å². The van der Waals surface area contributed by atoms with Crippen molar-refractivity contribution in [1.82, 2.24) is 16.0 Å². The molecule has 142 valence electrons. The van der Waals surface area contributed by atoms with E-state index in [-0.39, 0.29) is 36.0 Å². The summed E-state index contributed by atoms with van der Waals surface area (Å²) in [5.74, 6) is 0.786. The summed E-state index contributed by atoms with van der Waals surface area (Å²) in [5.41, 5.74) is 0. The molecule has 3 N–H and O–H groups in total. The fourth-order valence-corrected chi connectivity index (χ4v) is 2.25. The van der Waals surface area contributed by atoms with Gasteiger partial charge in [0, 0.05) is 39.9 Å². The topological polar surface area (TPSA) is 97.1 Å². The molecule has 1 saturated heterocycles. The molecule has 1 aliphatic rings. The molecule has 1 unspecified atom stereocenters. The Kier molecular flexibility index (Phi) is 11.2. The average Bonchev–Trinajstić information content (AvgIpc) is 3.29. The van der Waals surface area contributed by atoms with Crippen molar-refractivity contribution >= 4 is 35.8 Å². The number of aliphatic imine (C=N–C) groups is 1. The van der Waals surface area contributed by atoms with Gasteiger partial charge >= 0.3 is 0 Å². The lowest BCUT2D eigenvalue weighted by Crippen LogP contribution is -2.42. The second-order valence-electron chi connectivity index (χ2n) is 5.37. The van der Waals surface area contributed by atoms with E-state index in [1.807, 2.05) is 0 Å².